The van der Waals surface area contributed by atoms with Gasteiger partial charge in [0.1, 0.15) is 0 Å². The molecule has 2 N–H and O–H groups in total. The lowest BCUT2D eigenvalue weighted by Crippen LogP contribution is -2.33. The second-order valence-corrected chi connectivity index (χ2v) is 7.31. The van der Waals surface area contributed by atoms with E-state index in [1.54, 1.807) is 24.3 Å². The highest BCUT2D eigenvalue weighted by Crippen LogP contribution is 2.36. The van der Waals surface area contributed by atoms with Crippen molar-refractivity contribution in [2.45, 2.75) is 20.3 Å². The standard InChI is InChI=1S/C20H22BrClN2O4/c1-4-7-28-19-14(21)9-13(10-17(19)27-3)20(26)23-11-18(25)24-16-6-5-12(2)8-15(16)22/h5-6,8-10H,4,7,11H2,1-3H3,(H,23,26)(H,24,25). The Bertz CT molecular complexity index is 874. The van der Waals surface area contributed by atoms with E-state index in [0.717, 1.165) is 12.0 Å². The fourth-order valence-corrected chi connectivity index (χ4v) is 3.21. The summed E-state index contributed by atoms with van der Waals surface area (Å²) in [4.78, 5) is 24.5. The summed E-state index contributed by atoms with van der Waals surface area (Å²) in [7, 11) is 1.50. The van der Waals surface area contributed by atoms with Gasteiger partial charge in [0, 0.05) is 5.56 Å². The molecule has 0 saturated heterocycles. The van der Waals surface area contributed by atoms with E-state index in [0.29, 0.717) is 38.9 Å². The van der Waals surface area contributed by atoms with Gasteiger partial charge in [0.25, 0.3) is 5.91 Å². The second-order valence-electron chi connectivity index (χ2n) is 6.05. The summed E-state index contributed by atoms with van der Waals surface area (Å²) < 4.78 is 11.6. The molecule has 0 saturated carbocycles. The Hall–Kier alpha value is -2.25. The number of ether oxygens (including phenoxy) is 2. The van der Waals surface area contributed by atoms with Crippen molar-refractivity contribution in [2.75, 3.05) is 25.6 Å². The minimum Gasteiger partial charge on any atom is -0.493 e. The zero-order chi connectivity index (χ0) is 20.7. The number of rotatable bonds is 8. The number of nitrogens with one attached hydrogen (secondary N) is 2. The molecule has 0 radical (unpaired) electrons. The van der Waals surface area contributed by atoms with Crippen molar-refractivity contribution in [3.63, 3.8) is 0 Å². The van der Waals surface area contributed by atoms with Crippen molar-refractivity contribution in [3.05, 3.63) is 51.0 Å². The van der Waals surface area contributed by atoms with Crippen molar-refractivity contribution in [1.29, 1.82) is 0 Å². The predicted octanol–water partition coefficient (Wildman–Crippen LogP) is 4.58. The van der Waals surface area contributed by atoms with E-state index in [2.05, 4.69) is 26.6 Å². The van der Waals surface area contributed by atoms with Crippen LogP contribution in [0.1, 0.15) is 29.3 Å². The highest BCUT2D eigenvalue weighted by molar-refractivity contribution is 9.10. The quantitative estimate of drug-likeness (QED) is 0.593. The van der Waals surface area contributed by atoms with E-state index >= 15 is 0 Å². The SMILES string of the molecule is CCCOc1c(Br)cc(C(=O)NCC(=O)Nc2ccc(C)cc2Cl)cc1OC. The molecule has 6 nitrogen and oxygen atoms in total. The maximum absolute atomic E-state index is 12.4. The first-order valence-electron chi connectivity index (χ1n) is 8.70. The van der Waals surface area contributed by atoms with Crippen LogP contribution in [-0.2, 0) is 4.79 Å². The lowest BCUT2D eigenvalue weighted by molar-refractivity contribution is -0.115. The fourth-order valence-electron chi connectivity index (χ4n) is 2.37. The molecule has 28 heavy (non-hydrogen) atoms. The lowest BCUT2D eigenvalue weighted by atomic mass is 10.2. The molecular formula is C20H22BrClN2O4. The van der Waals surface area contributed by atoms with Crippen LogP contribution in [0.25, 0.3) is 0 Å². The normalized spacial score (nSPS) is 10.3. The predicted molar refractivity (Wildman–Crippen MR) is 114 cm³/mol. The number of carbonyl (C=O) groups is 2. The van der Waals surface area contributed by atoms with Crippen LogP contribution in [-0.4, -0.2) is 32.1 Å². The Labute approximate surface area is 177 Å². The van der Waals surface area contributed by atoms with Crippen LogP contribution in [0.5, 0.6) is 11.5 Å². The molecular weight excluding hydrogens is 448 g/mol. The van der Waals surface area contributed by atoms with Gasteiger partial charge in [0.2, 0.25) is 5.91 Å². The number of hydrogen-bond donors (Lipinski definition) is 2. The van der Waals surface area contributed by atoms with Gasteiger partial charge in [-0.05, 0) is 59.1 Å². The molecule has 150 valence electrons. The molecule has 2 aromatic rings. The highest BCUT2D eigenvalue weighted by Gasteiger charge is 2.16. The molecule has 0 bridgehead atoms. The second kappa shape index (κ2) is 10.3. The van der Waals surface area contributed by atoms with Gasteiger partial charge in [-0.25, -0.2) is 0 Å². The molecule has 8 heteroatoms. The first-order valence-corrected chi connectivity index (χ1v) is 9.87. The molecule has 0 aliphatic carbocycles. The summed E-state index contributed by atoms with van der Waals surface area (Å²) in [5.74, 6) is 0.177. The van der Waals surface area contributed by atoms with Gasteiger partial charge in [-0.3, -0.25) is 9.59 Å². The third-order valence-corrected chi connectivity index (χ3v) is 4.65. The van der Waals surface area contributed by atoms with E-state index in [-0.39, 0.29) is 12.5 Å². The van der Waals surface area contributed by atoms with Crippen molar-refractivity contribution in [3.8, 4) is 11.5 Å². The summed E-state index contributed by atoms with van der Waals surface area (Å²) >= 11 is 9.50. The topological polar surface area (TPSA) is 76.7 Å². The van der Waals surface area contributed by atoms with Gasteiger partial charge in [-0.1, -0.05) is 24.6 Å². The van der Waals surface area contributed by atoms with Crippen LogP contribution in [0.3, 0.4) is 0 Å². The summed E-state index contributed by atoms with van der Waals surface area (Å²) in [5, 5.41) is 5.69. The van der Waals surface area contributed by atoms with E-state index in [4.69, 9.17) is 21.1 Å². The molecule has 2 rings (SSSR count). The first kappa shape index (κ1) is 22.0. The first-order chi connectivity index (χ1) is 13.3. The average molecular weight is 470 g/mol. The molecule has 0 spiro atoms. The average Bonchev–Trinajstić information content (AvgIpc) is 2.66. The number of hydrogen-bond acceptors (Lipinski definition) is 4. The van der Waals surface area contributed by atoms with Crippen LogP contribution < -0.4 is 20.1 Å². The molecule has 0 aliphatic rings. The summed E-state index contributed by atoms with van der Waals surface area (Å²) in [5.41, 5.74) is 1.82. The van der Waals surface area contributed by atoms with Crippen molar-refractivity contribution < 1.29 is 19.1 Å². The van der Waals surface area contributed by atoms with Crippen LogP contribution in [0.2, 0.25) is 5.02 Å². The van der Waals surface area contributed by atoms with Crippen molar-refractivity contribution in [2.24, 2.45) is 0 Å². The van der Waals surface area contributed by atoms with Gasteiger partial charge >= 0.3 is 0 Å². The van der Waals surface area contributed by atoms with Gasteiger partial charge < -0.3 is 20.1 Å². The zero-order valence-electron chi connectivity index (χ0n) is 15.9. The van der Waals surface area contributed by atoms with E-state index in [9.17, 15) is 9.59 Å². The molecule has 0 heterocycles. The third-order valence-electron chi connectivity index (χ3n) is 3.75. The van der Waals surface area contributed by atoms with Crippen molar-refractivity contribution >= 4 is 45.0 Å². The number of halogens is 2. The molecule has 0 atom stereocenters. The molecule has 0 unspecified atom stereocenters. The van der Waals surface area contributed by atoms with E-state index in [1.807, 2.05) is 19.9 Å². The highest BCUT2D eigenvalue weighted by atomic mass is 79.9. The molecule has 0 aromatic heterocycles. The van der Waals surface area contributed by atoms with Gasteiger partial charge in [0.15, 0.2) is 11.5 Å². The summed E-state index contributed by atoms with van der Waals surface area (Å²) in [6.45, 7) is 4.24. The number of methoxy groups -OCH3 is 1. The number of amides is 2. The van der Waals surface area contributed by atoms with Gasteiger partial charge in [-0.2, -0.15) is 0 Å². The van der Waals surface area contributed by atoms with Crippen LogP contribution in [0, 0.1) is 6.92 Å². The molecule has 0 aliphatic heterocycles. The Balaban J connectivity index is 2.02. The van der Waals surface area contributed by atoms with E-state index < -0.39 is 5.91 Å². The molecule has 0 fully saturated rings. The largest absolute Gasteiger partial charge is 0.493 e. The Morgan fingerprint density at radius 3 is 2.61 bits per heavy atom. The number of aryl methyl sites for hydroxylation is 1. The summed E-state index contributed by atoms with van der Waals surface area (Å²) in [6, 6.07) is 8.50. The Morgan fingerprint density at radius 2 is 1.96 bits per heavy atom. The maximum atomic E-state index is 12.4. The van der Waals surface area contributed by atoms with Crippen LogP contribution in [0.4, 0.5) is 5.69 Å². The van der Waals surface area contributed by atoms with Gasteiger partial charge in [0.05, 0.1) is 35.4 Å². The molecule has 2 aromatic carbocycles. The monoisotopic (exact) mass is 468 g/mol. The van der Waals surface area contributed by atoms with Crippen LogP contribution >= 0.6 is 27.5 Å². The minimum absolute atomic E-state index is 0.197. The maximum Gasteiger partial charge on any atom is 0.251 e. The number of benzene rings is 2. The molecule has 2 amide bonds. The Kier molecular flexibility index (Phi) is 8.14. The number of carbonyl (C=O) groups excluding carboxylic acids is 2. The Morgan fingerprint density at radius 1 is 1.21 bits per heavy atom. The fraction of sp³-hybridized carbons (Fsp3) is 0.300. The number of anilines is 1. The smallest absolute Gasteiger partial charge is 0.251 e. The third kappa shape index (κ3) is 5.87. The minimum atomic E-state index is -0.411. The van der Waals surface area contributed by atoms with Crippen molar-refractivity contribution in [1.82, 2.24) is 5.32 Å². The van der Waals surface area contributed by atoms with Gasteiger partial charge in [-0.15, -0.1) is 0 Å². The zero-order valence-corrected chi connectivity index (χ0v) is 18.2. The van der Waals surface area contributed by atoms with Crippen LogP contribution in [0.15, 0.2) is 34.8 Å². The lowest BCUT2D eigenvalue weighted by Gasteiger charge is -2.14. The summed E-state index contributed by atoms with van der Waals surface area (Å²) in [6.07, 6.45) is 0.845. The van der Waals surface area contributed by atoms with E-state index in [1.165, 1.54) is 7.11 Å².